The summed E-state index contributed by atoms with van der Waals surface area (Å²) in [5.41, 5.74) is 0.338. The molecule has 1 atom stereocenters. The molecule has 0 radical (unpaired) electrons. The second-order valence-corrected chi connectivity index (χ2v) is 5.48. The Morgan fingerprint density at radius 3 is 2.79 bits per heavy atom. The zero-order valence-corrected chi connectivity index (χ0v) is 10.5. The summed E-state index contributed by atoms with van der Waals surface area (Å²) < 4.78 is 5.19. The molecule has 1 fully saturated rings. The lowest BCUT2D eigenvalue weighted by molar-refractivity contribution is 0.148. The van der Waals surface area contributed by atoms with Crippen molar-refractivity contribution in [1.82, 2.24) is 4.90 Å². The van der Waals surface area contributed by atoms with E-state index >= 15 is 0 Å². The third kappa shape index (κ3) is 3.79. The van der Waals surface area contributed by atoms with Gasteiger partial charge in [0.25, 0.3) is 0 Å². The Morgan fingerprint density at radius 1 is 1.50 bits per heavy atom. The van der Waals surface area contributed by atoms with Crippen molar-refractivity contribution in [2.45, 2.75) is 20.3 Å². The first-order valence-electron chi connectivity index (χ1n) is 5.39. The predicted molar refractivity (Wildman–Crippen MR) is 64.1 cm³/mol. The zero-order chi connectivity index (χ0) is 10.6. The van der Waals surface area contributed by atoms with Gasteiger partial charge in [0.2, 0.25) is 0 Å². The molecule has 0 N–H and O–H groups in total. The Labute approximate surface area is 93.4 Å². The van der Waals surface area contributed by atoms with Crippen LogP contribution in [0.15, 0.2) is 0 Å². The molecular weight excluding hydrogens is 194 g/mol. The molecule has 1 unspecified atom stereocenters. The van der Waals surface area contributed by atoms with Gasteiger partial charge in [-0.05, 0) is 30.1 Å². The maximum absolute atomic E-state index is 5.19. The molecule has 14 heavy (non-hydrogen) atoms. The van der Waals surface area contributed by atoms with Gasteiger partial charge in [0.05, 0.1) is 6.61 Å². The van der Waals surface area contributed by atoms with Crippen LogP contribution in [0.25, 0.3) is 0 Å². The van der Waals surface area contributed by atoms with Gasteiger partial charge < -0.3 is 9.64 Å². The Kier molecular flexibility index (Phi) is 4.74. The normalized spacial score (nSPS) is 24.4. The number of methoxy groups -OCH3 is 1. The second-order valence-electron chi connectivity index (χ2n) is 5.17. The summed E-state index contributed by atoms with van der Waals surface area (Å²) >= 11 is 4.39. The molecule has 3 heteroatoms. The summed E-state index contributed by atoms with van der Waals surface area (Å²) in [4.78, 5) is 2.54. The number of likely N-dealkylation sites (tertiary alicyclic amines) is 1. The molecule has 0 amide bonds. The summed E-state index contributed by atoms with van der Waals surface area (Å²) in [6.07, 6.45) is 1.29. The molecule has 0 bridgehead atoms. The highest BCUT2D eigenvalue weighted by Crippen LogP contribution is 2.23. The third-order valence-electron chi connectivity index (χ3n) is 2.85. The molecule has 0 aromatic carbocycles. The van der Waals surface area contributed by atoms with Crippen LogP contribution < -0.4 is 0 Å². The van der Waals surface area contributed by atoms with Crippen LogP contribution in [-0.2, 0) is 4.74 Å². The predicted octanol–water partition coefficient (Wildman–Crippen LogP) is 1.91. The number of nitrogens with zero attached hydrogens (tertiary/aromatic N) is 1. The lowest BCUT2D eigenvalue weighted by atomic mass is 9.96. The van der Waals surface area contributed by atoms with Crippen molar-refractivity contribution in [3.8, 4) is 0 Å². The molecule has 1 rings (SSSR count). The van der Waals surface area contributed by atoms with Crippen LogP contribution in [0.4, 0.5) is 0 Å². The molecular formula is C11H23NOS. The summed E-state index contributed by atoms with van der Waals surface area (Å²) in [6, 6.07) is 0. The third-order valence-corrected chi connectivity index (χ3v) is 3.71. The quantitative estimate of drug-likeness (QED) is 0.706. The van der Waals surface area contributed by atoms with Crippen LogP contribution >= 0.6 is 12.6 Å². The van der Waals surface area contributed by atoms with Crippen molar-refractivity contribution in [1.29, 1.82) is 0 Å². The molecule has 1 heterocycles. The first-order chi connectivity index (χ1) is 6.57. The minimum absolute atomic E-state index is 0.338. The maximum Gasteiger partial charge on any atom is 0.0503 e. The number of hydrogen-bond acceptors (Lipinski definition) is 3. The summed E-state index contributed by atoms with van der Waals surface area (Å²) in [6.45, 7) is 9.07. The number of rotatable bonds is 5. The van der Waals surface area contributed by atoms with E-state index in [1.54, 1.807) is 7.11 Å². The van der Waals surface area contributed by atoms with Crippen molar-refractivity contribution in [3.05, 3.63) is 0 Å². The molecule has 1 aliphatic rings. The average Bonchev–Trinajstić information content (AvgIpc) is 2.53. The molecule has 1 aliphatic heterocycles. The van der Waals surface area contributed by atoms with Crippen LogP contribution in [0.1, 0.15) is 20.3 Å². The van der Waals surface area contributed by atoms with Crippen LogP contribution in [0.3, 0.4) is 0 Å². The Morgan fingerprint density at radius 2 is 2.21 bits per heavy atom. The fraction of sp³-hybridized carbons (Fsp3) is 1.00. The van der Waals surface area contributed by atoms with Gasteiger partial charge in [0.1, 0.15) is 0 Å². The van der Waals surface area contributed by atoms with Gasteiger partial charge in [0.15, 0.2) is 0 Å². The molecule has 0 aromatic rings. The number of ether oxygens (including phenoxy) is 1. The van der Waals surface area contributed by atoms with Crippen LogP contribution in [0.5, 0.6) is 0 Å². The highest BCUT2D eigenvalue weighted by molar-refractivity contribution is 7.80. The topological polar surface area (TPSA) is 12.5 Å². The fourth-order valence-electron chi connectivity index (χ4n) is 2.08. The first-order valence-corrected chi connectivity index (χ1v) is 6.03. The minimum atomic E-state index is 0.338. The maximum atomic E-state index is 5.19. The average molecular weight is 217 g/mol. The van der Waals surface area contributed by atoms with E-state index in [2.05, 4.69) is 31.4 Å². The minimum Gasteiger partial charge on any atom is -0.384 e. The molecule has 0 aromatic heterocycles. The van der Waals surface area contributed by atoms with E-state index in [0.717, 1.165) is 24.8 Å². The van der Waals surface area contributed by atoms with Crippen molar-refractivity contribution in [3.63, 3.8) is 0 Å². The van der Waals surface area contributed by atoms with Gasteiger partial charge in [-0.3, -0.25) is 0 Å². The van der Waals surface area contributed by atoms with E-state index in [9.17, 15) is 0 Å². The van der Waals surface area contributed by atoms with E-state index in [1.807, 2.05) is 0 Å². The van der Waals surface area contributed by atoms with E-state index in [0.29, 0.717) is 5.41 Å². The summed E-state index contributed by atoms with van der Waals surface area (Å²) in [7, 11) is 1.79. The first kappa shape index (κ1) is 12.3. The lowest BCUT2D eigenvalue weighted by Gasteiger charge is -2.28. The van der Waals surface area contributed by atoms with Crippen LogP contribution in [-0.4, -0.2) is 44.0 Å². The largest absolute Gasteiger partial charge is 0.384 e. The molecule has 0 spiro atoms. The highest BCUT2D eigenvalue weighted by atomic mass is 32.1. The SMILES string of the molecule is COCC1CCN(CC(C)(C)CS)C1. The Hall–Kier alpha value is 0.270. The van der Waals surface area contributed by atoms with Gasteiger partial charge in [-0.1, -0.05) is 13.8 Å². The fourth-order valence-corrected chi connectivity index (χ4v) is 2.18. The van der Waals surface area contributed by atoms with Crippen molar-refractivity contribution in [2.75, 3.05) is 39.1 Å². The molecule has 0 saturated carbocycles. The van der Waals surface area contributed by atoms with E-state index < -0.39 is 0 Å². The number of hydrogen-bond donors (Lipinski definition) is 1. The van der Waals surface area contributed by atoms with E-state index in [-0.39, 0.29) is 0 Å². The van der Waals surface area contributed by atoms with Gasteiger partial charge in [-0.25, -0.2) is 0 Å². The molecule has 1 saturated heterocycles. The molecule has 84 valence electrons. The van der Waals surface area contributed by atoms with Crippen molar-refractivity contribution < 1.29 is 4.74 Å². The molecule has 0 aliphatic carbocycles. The standard InChI is InChI=1S/C11H23NOS/c1-11(2,9-14)8-12-5-4-10(6-12)7-13-3/h10,14H,4-9H2,1-3H3. The van der Waals surface area contributed by atoms with Crippen molar-refractivity contribution >= 4 is 12.6 Å². The van der Waals surface area contributed by atoms with Crippen molar-refractivity contribution in [2.24, 2.45) is 11.3 Å². The van der Waals surface area contributed by atoms with Gasteiger partial charge in [-0.15, -0.1) is 0 Å². The second kappa shape index (κ2) is 5.38. The molecule has 2 nitrogen and oxygen atoms in total. The van der Waals surface area contributed by atoms with E-state index in [4.69, 9.17) is 4.74 Å². The smallest absolute Gasteiger partial charge is 0.0503 e. The summed E-state index contributed by atoms with van der Waals surface area (Å²) in [5.74, 6) is 1.70. The van der Waals surface area contributed by atoms with Gasteiger partial charge in [-0.2, -0.15) is 12.6 Å². The Bertz CT molecular complexity index is 173. The monoisotopic (exact) mass is 217 g/mol. The highest BCUT2D eigenvalue weighted by Gasteiger charge is 2.27. The Balaban J connectivity index is 2.28. The van der Waals surface area contributed by atoms with Crippen LogP contribution in [0, 0.1) is 11.3 Å². The zero-order valence-electron chi connectivity index (χ0n) is 9.62. The van der Waals surface area contributed by atoms with Gasteiger partial charge in [0, 0.05) is 20.2 Å². The summed E-state index contributed by atoms with van der Waals surface area (Å²) in [5, 5.41) is 0. The van der Waals surface area contributed by atoms with Crippen LogP contribution in [0.2, 0.25) is 0 Å². The number of thiol groups is 1. The van der Waals surface area contributed by atoms with Gasteiger partial charge >= 0.3 is 0 Å². The van der Waals surface area contributed by atoms with E-state index in [1.165, 1.54) is 19.5 Å². The lowest BCUT2D eigenvalue weighted by Crippen LogP contribution is -2.34.